The van der Waals surface area contributed by atoms with Crippen molar-refractivity contribution in [2.45, 2.75) is 48.0 Å². The number of carbonyl (C=O) groups is 2. The third kappa shape index (κ3) is 6.96. The number of carbonyl (C=O) groups excluding carboxylic acids is 2. The molecule has 4 heteroatoms. The highest BCUT2D eigenvalue weighted by atomic mass is 16.1. The first-order valence-corrected chi connectivity index (χ1v) is 7.41. The van der Waals surface area contributed by atoms with E-state index in [2.05, 4.69) is 42.0 Å². The molecule has 0 amide bonds. The Hall–Kier alpha value is -2.36. The molecule has 2 aromatic rings. The average molecular weight is 314 g/mol. The topological polar surface area (TPSA) is 59.9 Å². The standard InChI is InChI=1S/C9H9NO2.C9H13N.CH4/c1-6(11)8-4-3-5-9(10-8)7(2)12;1-3-8-6-5-7-9(4-2)10-8;/h3-5H,1-2H3;5-7H,3-4H2,1-2H3;1H4. The molecule has 23 heavy (non-hydrogen) atoms. The zero-order valence-corrected chi connectivity index (χ0v) is 13.6. The van der Waals surface area contributed by atoms with Gasteiger partial charge < -0.3 is 0 Å². The Morgan fingerprint density at radius 1 is 0.783 bits per heavy atom. The molecule has 0 fully saturated rings. The monoisotopic (exact) mass is 314 g/mol. The summed E-state index contributed by atoms with van der Waals surface area (Å²) in [5.41, 5.74) is 3.06. The van der Waals surface area contributed by atoms with E-state index < -0.39 is 0 Å². The van der Waals surface area contributed by atoms with Crippen LogP contribution in [0.1, 0.15) is 67.5 Å². The summed E-state index contributed by atoms with van der Waals surface area (Å²) >= 11 is 0. The van der Waals surface area contributed by atoms with Crippen molar-refractivity contribution < 1.29 is 9.59 Å². The number of pyridine rings is 2. The molecule has 0 aromatic carbocycles. The maximum atomic E-state index is 10.8. The lowest BCUT2D eigenvalue weighted by Crippen LogP contribution is -2.02. The summed E-state index contributed by atoms with van der Waals surface area (Å²) in [4.78, 5) is 30.0. The fourth-order valence-corrected chi connectivity index (χ4v) is 1.75. The molecule has 0 radical (unpaired) electrons. The van der Waals surface area contributed by atoms with Crippen LogP contribution in [-0.2, 0) is 12.8 Å². The van der Waals surface area contributed by atoms with Gasteiger partial charge in [0.25, 0.3) is 0 Å². The SMILES string of the molecule is C.CC(=O)c1cccc(C(C)=O)n1.CCc1cccc(CC)n1. The molecule has 0 saturated carbocycles. The number of aryl methyl sites for hydroxylation is 2. The zero-order chi connectivity index (χ0) is 16.5. The highest BCUT2D eigenvalue weighted by molar-refractivity contribution is 5.96. The summed E-state index contributed by atoms with van der Waals surface area (Å²) in [5, 5.41) is 0. The summed E-state index contributed by atoms with van der Waals surface area (Å²) in [6.45, 7) is 7.10. The van der Waals surface area contributed by atoms with Crippen LogP contribution in [0.5, 0.6) is 0 Å². The minimum absolute atomic E-state index is 0. The van der Waals surface area contributed by atoms with E-state index in [1.54, 1.807) is 18.2 Å². The minimum Gasteiger partial charge on any atom is -0.293 e. The van der Waals surface area contributed by atoms with Gasteiger partial charge >= 0.3 is 0 Å². The Bertz CT molecular complexity index is 603. The Balaban J connectivity index is 0.000000409. The molecule has 124 valence electrons. The molecular formula is C19H26N2O2. The second-order valence-electron chi connectivity index (χ2n) is 4.85. The van der Waals surface area contributed by atoms with Crippen molar-refractivity contribution in [2.75, 3.05) is 0 Å². The van der Waals surface area contributed by atoms with Gasteiger partial charge in [-0.2, -0.15) is 0 Å². The van der Waals surface area contributed by atoms with E-state index in [0.29, 0.717) is 11.4 Å². The van der Waals surface area contributed by atoms with Gasteiger partial charge in [0.1, 0.15) is 11.4 Å². The maximum Gasteiger partial charge on any atom is 0.178 e. The van der Waals surface area contributed by atoms with Gasteiger partial charge in [0.05, 0.1) is 0 Å². The summed E-state index contributed by atoms with van der Waals surface area (Å²) in [7, 11) is 0. The number of hydrogen-bond donors (Lipinski definition) is 0. The Kier molecular flexibility index (Phi) is 9.31. The molecule has 0 N–H and O–H groups in total. The molecule has 0 aliphatic rings. The van der Waals surface area contributed by atoms with E-state index >= 15 is 0 Å². The predicted molar refractivity (Wildman–Crippen MR) is 94.0 cm³/mol. The third-order valence-electron chi connectivity index (χ3n) is 3.06. The molecule has 0 atom stereocenters. The molecule has 2 heterocycles. The normalized spacial score (nSPS) is 9.22. The van der Waals surface area contributed by atoms with Crippen LogP contribution in [-0.4, -0.2) is 21.5 Å². The van der Waals surface area contributed by atoms with Crippen molar-refractivity contribution >= 4 is 11.6 Å². The summed E-state index contributed by atoms with van der Waals surface area (Å²) in [6.07, 6.45) is 2.07. The smallest absolute Gasteiger partial charge is 0.178 e. The van der Waals surface area contributed by atoms with Gasteiger partial charge in [0.15, 0.2) is 11.6 Å². The average Bonchev–Trinajstić information content (AvgIpc) is 2.55. The van der Waals surface area contributed by atoms with Crippen molar-refractivity contribution in [3.05, 3.63) is 59.2 Å². The van der Waals surface area contributed by atoms with Crippen LogP contribution in [0, 0.1) is 0 Å². The van der Waals surface area contributed by atoms with Crippen molar-refractivity contribution in [1.29, 1.82) is 0 Å². The number of nitrogens with zero attached hydrogens (tertiary/aromatic N) is 2. The molecule has 0 aliphatic carbocycles. The minimum atomic E-state index is -0.127. The van der Waals surface area contributed by atoms with Gasteiger partial charge in [-0.3, -0.25) is 14.6 Å². The third-order valence-corrected chi connectivity index (χ3v) is 3.06. The van der Waals surface area contributed by atoms with Gasteiger partial charge in [-0.1, -0.05) is 33.4 Å². The number of aromatic nitrogens is 2. The molecule has 2 aromatic heterocycles. The fourth-order valence-electron chi connectivity index (χ4n) is 1.75. The Labute approximate surface area is 139 Å². The molecule has 4 nitrogen and oxygen atoms in total. The molecule has 0 aliphatic heterocycles. The summed E-state index contributed by atoms with van der Waals surface area (Å²) < 4.78 is 0. The van der Waals surface area contributed by atoms with Gasteiger partial charge in [-0.15, -0.1) is 0 Å². The van der Waals surface area contributed by atoms with E-state index in [0.717, 1.165) is 12.8 Å². The van der Waals surface area contributed by atoms with Crippen LogP contribution in [0.2, 0.25) is 0 Å². The van der Waals surface area contributed by atoms with Crippen LogP contribution in [0.25, 0.3) is 0 Å². The highest BCUT2D eigenvalue weighted by Crippen LogP contribution is 2.01. The fraction of sp³-hybridized carbons (Fsp3) is 0.368. The Morgan fingerprint density at radius 3 is 1.52 bits per heavy atom. The summed E-state index contributed by atoms with van der Waals surface area (Å²) in [5.74, 6) is -0.254. The zero-order valence-electron chi connectivity index (χ0n) is 13.6. The van der Waals surface area contributed by atoms with Gasteiger partial charge in [0.2, 0.25) is 0 Å². The maximum absolute atomic E-state index is 10.8. The van der Waals surface area contributed by atoms with Crippen LogP contribution in [0.3, 0.4) is 0 Å². The summed E-state index contributed by atoms with van der Waals surface area (Å²) in [6, 6.07) is 11.0. The largest absolute Gasteiger partial charge is 0.293 e. The van der Waals surface area contributed by atoms with Crippen molar-refractivity contribution in [1.82, 2.24) is 9.97 Å². The molecular weight excluding hydrogens is 288 g/mol. The first-order chi connectivity index (χ1) is 10.5. The van der Waals surface area contributed by atoms with Crippen LogP contribution in [0.4, 0.5) is 0 Å². The first-order valence-electron chi connectivity index (χ1n) is 7.41. The highest BCUT2D eigenvalue weighted by Gasteiger charge is 2.04. The quantitative estimate of drug-likeness (QED) is 0.788. The van der Waals surface area contributed by atoms with E-state index in [1.807, 2.05) is 0 Å². The van der Waals surface area contributed by atoms with E-state index in [1.165, 1.54) is 25.2 Å². The molecule has 0 unspecified atom stereocenters. The van der Waals surface area contributed by atoms with Crippen LogP contribution >= 0.6 is 0 Å². The second kappa shape index (κ2) is 10.4. The van der Waals surface area contributed by atoms with E-state index in [-0.39, 0.29) is 19.0 Å². The van der Waals surface area contributed by atoms with Gasteiger partial charge in [-0.05, 0) is 37.1 Å². The van der Waals surface area contributed by atoms with Crippen molar-refractivity contribution in [2.24, 2.45) is 0 Å². The van der Waals surface area contributed by atoms with Crippen molar-refractivity contribution in [3.63, 3.8) is 0 Å². The molecule has 0 bridgehead atoms. The number of hydrogen-bond acceptors (Lipinski definition) is 4. The number of Topliss-reactive ketones (excluding diaryl/α,β-unsaturated/α-hetero) is 2. The first kappa shape index (κ1) is 20.6. The van der Waals surface area contributed by atoms with Gasteiger partial charge in [0, 0.05) is 25.2 Å². The van der Waals surface area contributed by atoms with Gasteiger partial charge in [-0.25, -0.2) is 4.98 Å². The lowest BCUT2D eigenvalue weighted by atomic mass is 10.2. The lowest BCUT2D eigenvalue weighted by Gasteiger charge is -1.97. The van der Waals surface area contributed by atoms with E-state index in [9.17, 15) is 9.59 Å². The lowest BCUT2D eigenvalue weighted by molar-refractivity contribution is 0.101. The molecule has 2 rings (SSSR count). The number of rotatable bonds is 4. The second-order valence-corrected chi connectivity index (χ2v) is 4.85. The number of ketones is 2. The predicted octanol–water partition coefficient (Wildman–Crippen LogP) is 4.33. The van der Waals surface area contributed by atoms with Crippen LogP contribution < -0.4 is 0 Å². The molecule has 0 spiro atoms. The van der Waals surface area contributed by atoms with Crippen LogP contribution in [0.15, 0.2) is 36.4 Å². The Morgan fingerprint density at radius 2 is 1.17 bits per heavy atom. The van der Waals surface area contributed by atoms with E-state index in [4.69, 9.17) is 0 Å². The molecule has 0 saturated heterocycles. The van der Waals surface area contributed by atoms with Crippen molar-refractivity contribution in [3.8, 4) is 0 Å².